The lowest BCUT2D eigenvalue weighted by Gasteiger charge is -2.18. The van der Waals surface area contributed by atoms with Gasteiger partial charge in [-0.25, -0.2) is 0 Å². The molecular weight excluding hydrogens is 877 g/mol. The van der Waals surface area contributed by atoms with E-state index in [4.69, 9.17) is 14.2 Å². The van der Waals surface area contributed by atoms with Gasteiger partial charge in [0.2, 0.25) is 0 Å². The molecule has 0 amide bonds. The molecule has 0 aliphatic rings. The first kappa shape index (κ1) is 66.8. The summed E-state index contributed by atoms with van der Waals surface area (Å²) in [6.45, 7) is 6.50. The van der Waals surface area contributed by atoms with Crippen LogP contribution in [0.5, 0.6) is 0 Å². The van der Waals surface area contributed by atoms with Crippen molar-refractivity contribution >= 4 is 17.9 Å². The minimum absolute atomic E-state index is 0.118. The number of hydrogen-bond acceptors (Lipinski definition) is 6. The van der Waals surface area contributed by atoms with E-state index in [1.54, 1.807) is 0 Å². The number of ether oxygens (including phenoxy) is 3. The summed E-state index contributed by atoms with van der Waals surface area (Å²) in [5.74, 6) is -1.01. The van der Waals surface area contributed by atoms with Gasteiger partial charge < -0.3 is 14.2 Å². The molecule has 0 aromatic carbocycles. The molecule has 0 aliphatic heterocycles. The largest absolute Gasteiger partial charge is 0.462 e. The van der Waals surface area contributed by atoms with Crippen molar-refractivity contribution in [2.45, 2.75) is 258 Å². The van der Waals surface area contributed by atoms with E-state index in [2.05, 4.69) is 142 Å². The maximum Gasteiger partial charge on any atom is 0.306 e. The topological polar surface area (TPSA) is 78.9 Å². The first-order valence-corrected chi connectivity index (χ1v) is 29.1. The quantitative estimate of drug-likeness (QED) is 0.0199. The second kappa shape index (κ2) is 58.4. The van der Waals surface area contributed by atoms with Crippen LogP contribution in [0.3, 0.4) is 0 Å². The smallest absolute Gasteiger partial charge is 0.306 e. The number of hydrogen-bond donors (Lipinski definition) is 0. The first-order valence-electron chi connectivity index (χ1n) is 29.1. The van der Waals surface area contributed by atoms with Crippen molar-refractivity contribution in [2.75, 3.05) is 13.2 Å². The Morgan fingerprint density at radius 1 is 0.296 bits per heavy atom. The maximum absolute atomic E-state index is 12.9. The van der Waals surface area contributed by atoms with Crippen LogP contribution in [-0.4, -0.2) is 37.2 Å². The normalized spacial score (nSPS) is 13.0. The Kier molecular flexibility index (Phi) is 54.9. The minimum atomic E-state index is -0.824. The zero-order chi connectivity index (χ0) is 51.4. The van der Waals surface area contributed by atoms with Crippen LogP contribution < -0.4 is 0 Å². The van der Waals surface area contributed by atoms with Crippen LogP contribution in [0.15, 0.2) is 122 Å². The molecule has 0 aromatic heterocycles. The zero-order valence-corrected chi connectivity index (χ0v) is 45.9. The molecule has 0 radical (unpaired) electrons. The van der Waals surface area contributed by atoms with E-state index in [9.17, 15) is 14.4 Å². The Morgan fingerprint density at radius 2 is 0.577 bits per heavy atom. The van der Waals surface area contributed by atoms with Crippen LogP contribution in [-0.2, 0) is 28.6 Å². The van der Waals surface area contributed by atoms with Gasteiger partial charge in [0.25, 0.3) is 0 Å². The molecule has 0 aromatic rings. The van der Waals surface area contributed by atoms with Gasteiger partial charge in [-0.2, -0.15) is 0 Å². The fraction of sp³-hybridized carbons (Fsp3) is 0.646. The third-order valence-corrected chi connectivity index (χ3v) is 12.1. The lowest BCUT2D eigenvalue weighted by atomic mass is 10.1. The molecule has 1 atom stereocenters. The number of rotatable bonds is 51. The van der Waals surface area contributed by atoms with Crippen LogP contribution in [0.2, 0.25) is 0 Å². The first-order chi connectivity index (χ1) is 35.0. The minimum Gasteiger partial charge on any atom is -0.462 e. The Hall–Kier alpha value is -4.19. The zero-order valence-electron chi connectivity index (χ0n) is 45.9. The summed E-state index contributed by atoms with van der Waals surface area (Å²) in [7, 11) is 0. The van der Waals surface area contributed by atoms with Gasteiger partial charge in [-0.3, -0.25) is 14.4 Å². The van der Waals surface area contributed by atoms with Crippen LogP contribution >= 0.6 is 0 Å². The molecule has 0 fully saturated rings. The molecule has 0 aliphatic carbocycles. The molecule has 402 valence electrons. The van der Waals surface area contributed by atoms with Crippen molar-refractivity contribution in [3.05, 3.63) is 122 Å². The van der Waals surface area contributed by atoms with Crippen LogP contribution in [0, 0.1) is 0 Å². The molecule has 0 bridgehead atoms. The summed E-state index contributed by atoms with van der Waals surface area (Å²) in [6.07, 6.45) is 80.4. The molecule has 1 unspecified atom stereocenters. The lowest BCUT2D eigenvalue weighted by molar-refractivity contribution is -0.167. The number of carbonyl (C=O) groups is 3. The highest BCUT2D eigenvalue weighted by Gasteiger charge is 2.19. The summed E-state index contributed by atoms with van der Waals surface area (Å²) < 4.78 is 16.8. The highest BCUT2D eigenvalue weighted by atomic mass is 16.6. The number of esters is 3. The summed E-state index contributed by atoms with van der Waals surface area (Å²) in [5, 5.41) is 0. The van der Waals surface area contributed by atoms with E-state index in [-0.39, 0.29) is 44.0 Å². The summed E-state index contributed by atoms with van der Waals surface area (Å²) in [4.78, 5) is 38.2. The van der Waals surface area contributed by atoms with E-state index in [1.807, 2.05) is 0 Å². The van der Waals surface area contributed by atoms with Crippen molar-refractivity contribution in [1.82, 2.24) is 0 Å². The fourth-order valence-electron chi connectivity index (χ4n) is 7.65. The molecule has 0 N–H and O–H groups in total. The predicted octanol–water partition coefficient (Wildman–Crippen LogP) is 19.6. The SMILES string of the molecule is CCCCC\C=C/C=C\C=C/C=C\CCCCCCCC(=O)OCC(COC(=O)CCC/C=C\C/C=C\C/C=C\CCCCCCCC)OC(=O)CCCCCCC\C=C/C=C\C=C/CCCCCCC. The molecule has 6 heteroatoms. The van der Waals surface area contributed by atoms with E-state index in [0.717, 1.165) is 109 Å². The van der Waals surface area contributed by atoms with Gasteiger partial charge in [0, 0.05) is 19.3 Å². The van der Waals surface area contributed by atoms with Gasteiger partial charge >= 0.3 is 17.9 Å². The second-order valence-electron chi connectivity index (χ2n) is 19.0. The van der Waals surface area contributed by atoms with Gasteiger partial charge in [0.05, 0.1) is 0 Å². The predicted molar refractivity (Wildman–Crippen MR) is 306 cm³/mol. The van der Waals surface area contributed by atoms with Gasteiger partial charge in [-0.05, 0) is 103 Å². The summed E-state index contributed by atoms with van der Waals surface area (Å²) >= 11 is 0. The van der Waals surface area contributed by atoms with Gasteiger partial charge in [0.1, 0.15) is 13.2 Å². The highest BCUT2D eigenvalue weighted by molar-refractivity contribution is 5.71. The van der Waals surface area contributed by atoms with Crippen LogP contribution in [0.25, 0.3) is 0 Å². The third kappa shape index (κ3) is 56.6. The molecule has 0 spiro atoms. The fourth-order valence-corrected chi connectivity index (χ4v) is 7.65. The molecule has 0 heterocycles. The molecule has 0 saturated heterocycles. The molecule has 6 nitrogen and oxygen atoms in total. The number of carbonyl (C=O) groups excluding carboxylic acids is 3. The van der Waals surface area contributed by atoms with E-state index < -0.39 is 6.10 Å². The van der Waals surface area contributed by atoms with Crippen molar-refractivity contribution < 1.29 is 28.6 Å². The average Bonchev–Trinajstić information content (AvgIpc) is 3.37. The van der Waals surface area contributed by atoms with Crippen LogP contribution in [0.1, 0.15) is 252 Å². The van der Waals surface area contributed by atoms with E-state index in [1.165, 1.54) is 96.3 Å². The standard InChI is InChI=1S/C65H106O6/c1-4-7-10-13-16-19-22-25-28-31-34-37-40-43-46-49-52-55-58-64(67)70-61-62(60-69-63(66)57-54-51-48-45-42-39-36-33-30-27-24-21-18-15-12-9-6-3)71-65(68)59-56-53-50-47-44-41-38-35-32-29-26-23-20-17-14-11-8-5-2/h16,19,22-23,25-32,34-39,45,48,62H,4-15,17-18,20-21,24,33,40-44,46-47,49-61H2,1-3H3/b19-16-,25-22-,26-23-,30-27-,31-28-,32-29-,37-34-,38-35-,39-36-,48-45-. The monoisotopic (exact) mass is 983 g/mol. The molecular formula is C65H106O6. The lowest BCUT2D eigenvalue weighted by Crippen LogP contribution is -2.30. The molecule has 71 heavy (non-hydrogen) atoms. The van der Waals surface area contributed by atoms with Crippen molar-refractivity contribution in [1.29, 1.82) is 0 Å². The Labute approximate surface area is 437 Å². The maximum atomic E-state index is 12.9. The van der Waals surface area contributed by atoms with Gasteiger partial charge in [-0.1, -0.05) is 251 Å². The third-order valence-electron chi connectivity index (χ3n) is 12.1. The van der Waals surface area contributed by atoms with Gasteiger partial charge in [0.15, 0.2) is 6.10 Å². The number of unbranched alkanes of at least 4 members (excludes halogenated alkanes) is 25. The van der Waals surface area contributed by atoms with Crippen molar-refractivity contribution in [2.24, 2.45) is 0 Å². The Balaban J connectivity index is 4.58. The Bertz CT molecular complexity index is 1500. The molecule has 0 saturated carbocycles. The van der Waals surface area contributed by atoms with E-state index in [0.29, 0.717) is 12.8 Å². The molecule has 0 rings (SSSR count). The van der Waals surface area contributed by atoms with Crippen LogP contribution in [0.4, 0.5) is 0 Å². The number of allylic oxidation sites excluding steroid dienone is 20. The second-order valence-corrected chi connectivity index (χ2v) is 19.0. The summed E-state index contributed by atoms with van der Waals surface area (Å²) in [5.41, 5.74) is 0. The summed E-state index contributed by atoms with van der Waals surface area (Å²) in [6, 6.07) is 0. The average molecular weight is 984 g/mol. The van der Waals surface area contributed by atoms with E-state index >= 15 is 0 Å². The van der Waals surface area contributed by atoms with Crippen molar-refractivity contribution in [3.63, 3.8) is 0 Å². The van der Waals surface area contributed by atoms with Gasteiger partial charge in [-0.15, -0.1) is 0 Å². The van der Waals surface area contributed by atoms with Crippen molar-refractivity contribution in [3.8, 4) is 0 Å². The Morgan fingerprint density at radius 3 is 1.00 bits per heavy atom. The highest BCUT2D eigenvalue weighted by Crippen LogP contribution is 2.13.